The van der Waals surface area contributed by atoms with Crippen LogP contribution in [0.5, 0.6) is 0 Å². The molecule has 1 atom stereocenters. The van der Waals surface area contributed by atoms with Gasteiger partial charge in [0.05, 0.1) is 19.3 Å². The van der Waals surface area contributed by atoms with E-state index in [-0.39, 0.29) is 5.91 Å². The zero-order valence-corrected chi connectivity index (χ0v) is 6.67. The number of rotatable bonds is 1. The summed E-state index contributed by atoms with van der Waals surface area (Å²) in [4.78, 5) is 12.9. The minimum absolute atomic E-state index is 0.0895. The van der Waals surface area contributed by atoms with Gasteiger partial charge in [0.1, 0.15) is 0 Å². The monoisotopic (exact) mass is 157 g/mol. The summed E-state index contributed by atoms with van der Waals surface area (Å²) < 4.78 is 5.07. The lowest BCUT2D eigenvalue weighted by molar-refractivity contribution is -0.136. The van der Waals surface area contributed by atoms with Crippen molar-refractivity contribution in [2.45, 2.75) is 13.0 Å². The van der Waals surface area contributed by atoms with Crippen LogP contribution in [0.1, 0.15) is 6.92 Å². The van der Waals surface area contributed by atoms with Crippen molar-refractivity contribution >= 4 is 5.91 Å². The Kier molecular flexibility index (Phi) is 2.84. The van der Waals surface area contributed by atoms with Crippen LogP contribution in [-0.2, 0) is 9.53 Å². The van der Waals surface area contributed by atoms with Crippen LogP contribution in [0.2, 0.25) is 0 Å². The summed E-state index contributed by atoms with van der Waals surface area (Å²) in [5.74, 6) is -0.0895. The number of nitrogens with zero attached hydrogens (tertiary/aromatic N) is 1. The van der Waals surface area contributed by atoms with E-state index in [0.717, 1.165) is 0 Å². The highest BCUT2D eigenvalue weighted by molar-refractivity contribution is 5.81. The number of hydrogen-bond donors (Lipinski definition) is 0. The van der Waals surface area contributed by atoms with Crippen molar-refractivity contribution in [3.8, 4) is 0 Å². The van der Waals surface area contributed by atoms with E-state index in [9.17, 15) is 4.79 Å². The molecule has 0 saturated carbocycles. The fourth-order valence-electron chi connectivity index (χ4n) is 1.06. The molecule has 1 rings (SSSR count). The van der Waals surface area contributed by atoms with Gasteiger partial charge in [-0.05, 0) is 6.92 Å². The predicted octanol–water partition coefficient (Wildman–Crippen LogP) is -0.483. The molecule has 1 N–H and O–H groups in total. The molecule has 0 bridgehead atoms. The maximum Gasteiger partial charge on any atom is 0.240 e. The second-order valence-electron chi connectivity index (χ2n) is 2.66. The van der Waals surface area contributed by atoms with Gasteiger partial charge < -0.3 is 9.64 Å². The van der Waals surface area contributed by atoms with Crippen LogP contribution in [0.3, 0.4) is 0 Å². The van der Waals surface area contributed by atoms with Crippen LogP contribution in [0.4, 0.5) is 0 Å². The largest absolute Gasteiger partial charge is 0.378 e. The van der Waals surface area contributed by atoms with E-state index in [4.69, 9.17) is 10.5 Å². The van der Waals surface area contributed by atoms with Gasteiger partial charge in [0.25, 0.3) is 0 Å². The molecule has 4 nitrogen and oxygen atoms in total. The molecule has 1 aliphatic heterocycles. The molecule has 0 aliphatic carbocycles. The molecule has 1 amide bonds. The van der Waals surface area contributed by atoms with E-state index in [1.165, 1.54) is 0 Å². The van der Waals surface area contributed by atoms with Crippen LogP contribution in [0.15, 0.2) is 0 Å². The summed E-state index contributed by atoms with van der Waals surface area (Å²) in [6.07, 6.45) is 0. The van der Waals surface area contributed by atoms with E-state index in [1.807, 2.05) is 0 Å². The topological polar surface area (TPSA) is 53.3 Å². The fourth-order valence-corrected chi connectivity index (χ4v) is 1.06. The maximum absolute atomic E-state index is 11.2. The first-order valence-electron chi connectivity index (χ1n) is 3.79. The normalized spacial score (nSPS) is 21.5. The van der Waals surface area contributed by atoms with Gasteiger partial charge in [-0.2, -0.15) is 0 Å². The Morgan fingerprint density at radius 3 is 2.55 bits per heavy atom. The molecule has 4 heteroatoms. The molecule has 1 heterocycles. The first-order valence-corrected chi connectivity index (χ1v) is 3.79. The highest BCUT2D eigenvalue weighted by atomic mass is 16.5. The van der Waals surface area contributed by atoms with Gasteiger partial charge in [0.2, 0.25) is 5.91 Å². The molecule has 1 aliphatic rings. The Balaban J connectivity index is 2.39. The Morgan fingerprint density at radius 2 is 2.09 bits per heavy atom. The lowest BCUT2D eigenvalue weighted by Crippen LogP contribution is -2.45. The van der Waals surface area contributed by atoms with E-state index in [0.29, 0.717) is 26.3 Å². The number of carbonyl (C=O) groups is 1. The SMILES string of the molecule is CC([NH])C(=O)N1CCOCC1. The molecule has 63 valence electrons. The van der Waals surface area contributed by atoms with Gasteiger partial charge in [-0.1, -0.05) is 0 Å². The summed E-state index contributed by atoms with van der Waals surface area (Å²) >= 11 is 0. The highest BCUT2D eigenvalue weighted by Gasteiger charge is 2.19. The quantitative estimate of drug-likeness (QED) is 0.516. The number of amides is 1. The van der Waals surface area contributed by atoms with Crippen LogP contribution in [0.25, 0.3) is 0 Å². The summed E-state index contributed by atoms with van der Waals surface area (Å²) in [5, 5.41) is 0. The first kappa shape index (κ1) is 8.49. The second kappa shape index (κ2) is 3.69. The molecular formula is C7H13N2O2. The maximum atomic E-state index is 11.2. The van der Waals surface area contributed by atoms with Gasteiger partial charge in [0.15, 0.2) is 0 Å². The summed E-state index contributed by atoms with van der Waals surface area (Å²) in [6.45, 7) is 4.10. The predicted molar refractivity (Wildman–Crippen MR) is 40.0 cm³/mol. The fraction of sp³-hybridized carbons (Fsp3) is 0.857. The molecule has 0 aromatic rings. The lowest BCUT2D eigenvalue weighted by Gasteiger charge is -2.27. The van der Waals surface area contributed by atoms with Crippen molar-refractivity contribution in [2.75, 3.05) is 26.3 Å². The molecule has 0 aromatic carbocycles. The molecule has 0 aromatic heterocycles. The smallest absolute Gasteiger partial charge is 0.240 e. The second-order valence-corrected chi connectivity index (χ2v) is 2.66. The van der Waals surface area contributed by atoms with Gasteiger partial charge in [-0.3, -0.25) is 4.79 Å². The Labute approximate surface area is 66.3 Å². The van der Waals surface area contributed by atoms with Gasteiger partial charge in [0, 0.05) is 13.1 Å². The summed E-state index contributed by atoms with van der Waals surface area (Å²) in [6, 6.07) is -0.631. The highest BCUT2D eigenvalue weighted by Crippen LogP contribution is 1.99. The van der Waals surface area contributed by atoms with Gasteiger partial charge in [-0.25, -0.2) is 5.73 Å². The molecule has 1 fully saturated rings. The number of ether oxygens (including phenoxy) is 1. The molecule has 0 spiro atoms. The number of nitrogens with one attached hydrogen (secondary N) is 1. The molecule has 1 unspecified atom stereocenters. The van der Waals surface area contributed by atoms with Gasteiger partial charge >= 0.3 is 0 Å². The number of hydrogen-bond acceptors (Lipinski definition) is 2. The zero-order chi connectivity index (χ0) is 8.27. The minimum atomic E-state index is -0.631. The Bertz CT molecular complexity index is 141. The van der Waals surface area contributed by atoms with Crippen molar-refractivity contribution < 1.29 is 9.53 Å². The third-order valence-electron chi connectivity index (χ3n) is 1.69. The van der Waals surface area contributed by atoms with E-state index < -0.39 is 6.04 Å². The third-order valence-corrected chi connectivity index (χ3v) is 1.69. The Morgan fingerprint density at radius 1 is 1.55 bits per heavy atom. The third kappa shape index (κ3) is 2.17. The molecule has 1 radical (unpaired) electrons. The van der Waals surface area contributed by atoms with Crippen molar-refractivity contribution in [1.29, 1.82) is 0 Å². The van der Waals surface area contributed by atoms with Crippen LogP contribution in [0, 0.1) is 0 Å². The molecule has 11 heavy (non-hydrogen) atoms. The van der Waals surface area contributed by atoms with E-state index >= 15 is 0 Å². The van der Waals surface area contributed by atoms with Crippen LogP contribution < -0.4 is 5.73 Å². The van der Waals surface area contributed by atoms with Crippen molar-refractivity contribution in [3.63, 3.8) is 0 Å². The Hall–Kier alpha value is -0.610. The number of carbonyl (C=O) groups excluding carboxylic acids is 1. The standard InChI is InChI=1S/C7H13N2O2/c1-6(8)7(10)9-2-4-11-5-3-9/h6,8H,2-5H2,1H3. The van der Waals surface area contributed by atoms with Crippen LogP contribution >= 0.6 is 0 Å². The van der Waals surface area contributed by atoms with Gasteiger partial charge in [-0.15, -0.1) is 0 Å². The van der Waals surface area contributed by atoms with Crippen molar-refractivity contribution in [1.82, 2.24) is 10.6 Å². The summed E-state index contributed by atoms with van der Waals surface area (Å²) in [5.41, 5.74) is 7.19. The average Bonchev–Trinajstić information content (AvgIpc) is 2.05. The van der Waals surface area contributed by atoms with Crippen LogP contribution in [-0.4, -0.2) is 43.2 Å². The molecular weight excluding hydrogens is 144 g/mol. The average molecular weight is 157 g/mol. The van der Waals surface area contributed by atoms with Crippen molar-refractivity contribution in [3.05, 3.63) is 0 Å². The van der Waals surface area contributed by atoms with E-state index in [2.05, 4.69) is 0 Å². The zero-order valence-electron chi connectivity index (χ0n) is 6.67. The lowest BCUT2D eigenvalue weighted by atomic mass is 10.3. The number of morpholine rings is 1. The minimum Gasteiger partial charge on any atom is -0.378 e. The first-order chi connectivity index (χ1) is 5.22. The van der Waals surface area contributed by atoms with E-state index in [1.54, 1.807) is 11.8 Å². The van der Waals surface area contributed by atoms with Crippen molar-refractivity contribution in [2.24, 2.45) is 0 Å². The molecule has 1 saturated heterocycles. The summed E-state index contributed by atoms with van der Waals surface area (Å²) in [7, 11) is 0.